The number of nitriles is 1. The molecule has 2 aromatic rings. The van der Waals surface area contributed by atoms with Crippen molar-refractivity contribution in [1.29, 1.82) is 5.26 Å². The van der Waals surface area contributed by atoms with Gasteiger partial charge >= 0.3 is 58.4 Å². The summed E-state index contributed by atoms with van der Waals surface area (Å²) in [6.45, 7) is -3.35. The van der Waals surface area contributed by atoms with E-state index in [0.29, 0.717) is 27.5 Å². The molecule has 2 aromatic carbocycles. The van der Waals surface area contributed by atoms with Gasteiger partial charge in [-0.1, -0.05) is 29.8 Å². The van der Waals surface area contributed by atoms with E-state index in [1.165, 1.54) is 12.1 Å². The van der Waals surface area contributed by atoms with Crippen molar-refractivity contribution in [1.82, 2.24) is 0 Å². The second-order valence-corrected chi connectivity index (χ2v) is 5.21. The number of nitrogens with zero attached hydrogens (tertiary/aromatic N) is 1. The van der Waals surface area contributed by atoms with Crippen LogP contribution >= 0.6 is 11.6 Å². The molecule has 0 spiro atoms. The second kappa shape index (κ2) is 8.56. The van der Waals surface area contributed by atoms with Crippen LogP contribution in [0.25, 0.3) is 0 Å². The molecule has 0 atom stereocenters. The summed E-state index contributed by atoms with van der Waals surface area (Å²) in [5.74, 6) is 0.365. The molecule has 0 fully saturated rings. The second-order valence-electron chi connectivity index (χ2n) is 4.81. The van der Waals surface area contributed by atoms with E-state index in [2.05, 4.69) is 0 Å². The van der Waals surface area contributed by atoms with Gasteiger partial charge in [0.15, 0.2) is 0 Å². The zero-order valence-electron chi connectivity index (χ0n) is 12.6. The molecule has 0 saturated carbocycles. The Kier molecular flexibility index (Phi) is 7.65. The van der Waals surface area contributed by atoms with Gasteiger partial charge < -0.3 is 17.7 Å². The first-order chi connectivity index (χ1) is 10.3. The van der Waals surface area contributed by atoms with Gasteiger partial charge in [-0.2, -0.15) is 5.26 Å². The van der Waals surface area contributed by atoms with Crippen LogP contribution in [0, 0.1) is 18.3 Å². The summed E-state index contributed by atoms with van der Waals surface area (Å²) in [4.78, 5) is 0. The first kappa shape index (κ1) is 20.6. The van der Waals surface area contributed by atoms with E-state index < -0.39 is 12.4 Å². The average molecular weight is 364 g/mol. The topological polar surface area (TPSA) is 33.0 Å². The van der Waals surface area contributed by atoms with Crippen LogP contribution in [0.5, 0.6) is 5.75 Å². The molecule has 0 heterocycles. The minimum absolute atomic E-state index is 0. The first-order valence-electron chi connectivity index (χ1n) is 6.43. The zero-order valence-corrected chi connectivity index (χ0v) is 16.5. The quantitative estimate of drug-likeness (QED) is 0.764. The number of rotatable bonds is 4. The van der Waals surface area contributed by atoms with Crippen molar-refractivity contribution in [2.24, 2.45) is 0 Å². The van der Waals surface area contributed by atoms with Gasteiger partial charge in [0, 0.05) is 10.6 Å². The predicted octanol–water partition coefficient (Wildman–Crippen LogP) is 1.16. The summed E-state index contributed by atoms with van der Waals surface area (Å²) in [5.41, 5.74) is 0.841. The van der Waals surface area contributed by atoms with Crippen molar-refractivity contribution in [3.05, 3.63) is 58.1 Å². The van der Waals surface area contributed by atoms with Crippen molar-refractivity contribution >= 4 is 24.0 Å². The first-order valence-corrected chi connectivity index (χ1v) is 6.81. The number of hydrogen-bond donors (Lipinski definition) is 0. The third-order valence-electron chi connectivity index (χ3n) is 3.14. The maximum atomic E-state index is 12.7. The van der Waals surface area contributed by atoms with Gasteiger partial charge in [0.25, 0.3) is 0 Å². The largest absolute Gasteiger partial charge is 1.00 e. The number of aryl methyl sites for hydroxylation is 1. The van der Waals surface area contributed by atoms with Crippen LogP contribution < -0.4 is 61.6 Å². The fourth-order valence-electron chi connectivity index (χ4n) is 1.93. The molecular weight excluding hydrogens is 353 g/mol. The van der Waals surface area contributed by atoms with Crippen LogP contribution in [0.4, 0.5) is 12.9 Å². The third kappa shape index (κ3) is 5.52. The van der Waals surface area contributed by atoms with E-state index in [4.69, 9.17) is 21.6 Å². The summed E-state index contributed by atoms with van der Waals surface area (Å²) in [5, 5.41) is 9.14. The van der Waals surface area contributed by atoms with Crippen molar-refractivity contribution in [2.45, 2.75) is 13.5 Å². The average Bonchev–Trinajstić information content (AvgIpc) is 2.46. The number of benzene rings is 2. The van der Waals surface area contributed by atoms with Gasteiger partial charge in [-0.05, 0) is 30.7 Å². The van der Waals surface area contributed by atoms with E-state index >= 15 is 0 Å². The summed E-state index contributed by atoms with van der Waals surface area (Å²) >= 11 is 6.02. The van der Waals surface area contributed by atoms with Crippen LogP contribution in [0.3, 0.4) is 0 Å². The Labute approximate surface area is 180 Å². The fourth-order valence-corrected chi connectivity index (χ4v) is 2.16. The molecule has 0 saturated heterocycles. The molecule has 114 valence electrons. The molecule has 0 radical (unpaired) electrons. The standard InChI is InChI=1S/C15H11BClF3NO.K/c1-10-6-13(16(18,19)20)4-5-15(10)22-9-12-3-2-11(8-21)7-14(12)17;/h2-7H,9H2,1H3;/q-1;+1. The van der Waals surface area contributed by atoms with Crippen molar-refractivity contribution < 1.29 is 69.1 Å². The van der Waals surface area contributed by atoms with Gasteiger partial charge in [0.05, 0.1) is 11.6 Å². The van der Waals surface area contributed by atoms with Gasteiger partial charge in [-0.25, -0.2) is 0 Å². The normalized spacial score (nSPS) is 10.6. The fraction of sp³-hybridized carbons (Fsp3) is 0.133. The van der Waals surface area contributed by atoms with Crippen LogP contribution in [0.15, 0.2) is 36.4 Å². The van der Waals surface area contributed by atoms with Gasteiger partial charge in [0.1, 0.15) is 12.4 Å². The number of hydrogen-bond acceptors (Lipinski definition) is 2. The number of halogens is 4. The molecule has 2 nitrogen and oxygen atoms in total. The van der Waals surface area contributed by atoms with E-state index in [0.717, 1.165) is 12.1 Å². The Morgan fingerprint density at radius 2 is 1.87 bits per heavy atom. The Bertz CT molecular complexity index is 746. The zero-order chi connectivity index (χ0) is 16.3. The van der Waals surface area contributed by atoms with E-state index in [1.54, 1.807) is 19.1 Å². The van der Waals surface area contributed by atoms with Gasteiger partial charge in [0.2, 0.25) is 0 Å². The Balaban J connectivity index is 0.00000264. The smallest absolute Gasteiger partial charge is 0.489 e. The van der Waals surface area contributed by atoms with Crippen LogP contribution in [-0.2, 0) is 6.61 Å². The Hall–Kier alpha value is -0.489. The summed E-state index contributed by atoms with van der Waals surface area (Å²) in [6.07, 6.45) is 0. The predicted molar refractivity (Wildman–Crippen MR) is 80.4 cm³/mol. The molecule has 0 bridgehead atoms. The van der Waals surface area contributed by atoms with Gasteiger partial charge in [-0.15, -0.1) is 5.46 Å². The Morgan fingerprint density at radius 3 is 2.39 bits per heavy atom. The van der Waals surface area contributed by atoms with Crippen LogP contribution in [-0.4, -0.2) is 6.98 Å². The molecule has 0 aliphatic heterocycles. The molecule has 0 unspecified atom stereocenters. The molecular formula is C15H11BClF3KNO. The maximum absolute atomic E-state index is 12.7. The van der Waals surface area contributed by atoms with Crippen molar-refractivity contribution in [3.63, 3.8) is 0 Å². The van der Waals surface area contributed by atoms with E-state index in [9.17, 15) is 12.9 Å². The molecule has 0 aliphatic rings. The van der Waals surface area contributed by atoms with Crippen molar-refractivity contribution in [2.75, 3.05) is 0 Å². The minimum atomic E-state index is -5.02. The van der Waals surface area contributed by atoms with Crippen LogP contribution in [0.2, 0.25) is 5.02 Å². The molecule has 8 heteroatoms. The van der Waals surface area contributed by atoms with Crippen molar-refractivity contribution in [3.8, 4) is 11.8 Å². The maximum Gasteiger partial charge on any atom is 1.00 e. The molecule has 0 amide bonds. The number of ether oxygens (including phenoxy) is 1. The van der Waals surface area contributed by atoms with E-state index in [1.807, 2.05) is 6.07 Å². The Morgan fingerprint density at radius 1 is 1.17 bits per heavy atom. The molecule has 0 aliphatic carbocycles. The molecule has 0 N–H and O–H groups in total. The third-order valence-corrected chi connectivity index (χ3v) is 3.49. The van der Waals surface area contributed by atoms with Crippen LogP contribution in [0.1, 0.15) is 16.7 Å². The monoisotopic (exact) mass is 363 g/mol. The molecule has 2 rings (SSSR count). The molecule has 23 heavy (non-hydrogen) atoms. The molecule has 0 aromatic heterocycles. The summed E-state index contributed by atoms with van der Waals surface area (Å²) in [7, 11) is 0. The van der Waals surface area contributed by atoms with Gasteiger partial charge in [-0.3, -0.25) is 0 Å². The van der Waals surface area contributed by atoms with E-state index in [-0.39, 0.29) is 58.0 Å². The summed E-state index contributed by atoms with van der Waals surface area (Å²) < 4.78 is 43.5. The minimum Gasteiger partial charge on any atom is -0.489 e. The SMILES string of the molecule is Cc1cc([B-](F)(F)F)ccc1OCc1ccc(C#N)cc1Cl.[K+]. The summed E-state index contributed by atoms with van der Waals surface area (Å²) in [6, 6.07) is 10.1.